The molecule has 2 N–H and O–H groups in total. The largest absolute Gasteiger partial charge is 0.325 e. The van der Waals surface area contributed by atoms with E-state index in [1.54, 1.807) is 19.9 Å². The van der Waals surface area contributed by atoms with Crippen LogP contribution in [-0.4, -0.2) is 38.3 Å². The summed E-state index contributed by atoms with van der Waals surface area (Å²) in [6, 6.07) is 14.3. The lowest BCUT2D eigenvalue weighted by Crippen LogP contribution is -2.31. The van der Waals surface area contributed by atoms with E-state index in [1.807, 2.05) is 37.3 Å². The van der Waals surface area contributed by atoms with Gasteiger partial charge < -0.3 is 10.6 Å². The predicted octanol–water partition coefficient (Wildman–Crippen LogP) is 3.66. The minimum absolute atomic E-state index is 0.00998. The highest BCUT2D eigenvalue weighted by molar-refractivity contribution is 7.89. The molecule has 28 heavy (non-hydrogen) atoms. The van der Waals surface area contributed by atoms with Gasteiger partial charge in [-0.1, -0.05) is 55.8 Å². The Labute approximate surface area is 171 Å². The van der Waals surface area contributed by atoms with Gasteiger partial charge in [0.2, 0.25) is 15.9 Å². The van der Waals surface area contributed by atoms with E-state index in [0.29, 0.717) is 18.8 Å². The van der Waals surface area contributed by atoms with E-state index in [1.165, 1.54) is 16.4 Å². The summed E-state index contributed by atoms with van der Waals surface area (Å²) < 4.78 is 26.8. The number of carbonyl (C=O) groups excluding carboxylic acids is 1. The van der Waals surface area contributed by atoms with E-state index in [-0.39, 0.29) is 28.4 Å². The molecule has 1 atom stereocenters. The molecule has 0 heterocycles. The highest BCUT2D eigenvalue weighted by atomic mass is 35.5. The number of carbonyl (C=O) groups is 1. The topological polar surface area (TPSA) is 78.5 Å². The second kappa shape index (κ2) is 10.0. The lowest BCUT2D eigenvalue weighted by Gasteiger charge is -2.20. The molecule has 0 bridgehead atoms. The first kappa shape index (κ1) is 22.4. The van der Waals surface area contributed by atoms with Gasteiger partial charge in [0.05, 0.1) is 11.6 Å². The molecule has 0 radical (unpaired) electrons. The Morgan fingerprint density at radius 1 is 1.11 bits per heavy atom. The maximum Gasteiger partial charge on any atom is 0.244 e. The number of hydrogen-bond donors (Lipinski definition) is 2. The van der Waals surface area contributed by atoms with Crippen LogP contribution in [0.5, 0.6) is 0 Å². The monoisotopic (exact) mass is 423 g/mol. The van der Waals surface area contributed by atoms with Gasteiger partial charge in [-0.15, -0.1) is 0 Å². The summed E-state index contributed by atoms with van der Waals surface area (Å²) in [6.45, 7) is 6.27. The first-order valence-electron chi connectivity index (χ1n) is 9.17. The fraction of sp³-hybridized carbons (Fsp3) is 0.350. The minimum Gasteiger partial charge on any atom is -0.325 e. The summed E-state index contributed by atoms with van der Waals surface area (Å²) in [5.41, 5.74) is 1.46. The molecule has 0 saturated carbocycles. The molecule has 0 fully saturated rings. The molecular weight excluding hydrogens is 398 g/mol. The maximum atomic E-state index is 12.7. The van der Waals surface area contributed by atoms with E-state index in [2.05, 4.69) is 10.6 Å². The van der Waals surface area contributed by atoms with Gasteiger partial charge in [-0.25, -0.2) is 8.42 Å². The van der Waals surface area contributed by atoms with E-state index in [4.69, 9.17) is 11.6 Å². The van der Waals surface area contributed by atoms with Gasteiger partial charge >= 0.3 is 0 Å². The Kier molecular flexibility index (Phi) is 8.00. The van der Waals surface area contributed by atoms with Crippen molar-refractivity contribution in [2.45, 2.75) is 31.7 Å². The van der Waals surface area contributed by atoms with Crippen LogP contribution in [0.25, 0.3) is 0 Å². The molecule has 6 nitrogen and oxygen atoms in total. The molecule has 0 spiro atoms. The van der Waals surface area contributed by atoms with E-state index in [9.17, 15) is 13.2 Å². The first-order chi connectivity index (χ1) is 13.3. The van der Waals surface area contributed by atoms with Crippen LogP contribution in [0.15, 0.2) is 53.4 Å². The molecule has 0 saturated heterocycles. The van der Waals surface area contributed by atoms with Gasteiger partial charge in [-0.2, -0.15) is 4.31 Å². The van der Waals surface area contributed by atoms with Crippen molar-refractivity contribution in [1.29, 1.82) is 0 Å². The highest BCUT2D eigenvalue weighted by Gasteiger charge is 2.25. The zero-order valence-electron chi connectivity index (χ0n) is 16.3. The van der Waals surface area contributed by atoms with Gasteiger partial charge in [-0.3, -0.25) is 4.79 Å². The Bertz CT molecular complexity index is 900. The van der Waals surface area contributed by atoms with Crippen LogP contribution in [0.4, 0.5) is 5.69 Å². The average molecular weight is 424 g/mol. The summed E-state index contributed by atoms with van der Waals surface area (Å²) in [4.78, 5) is 12.3. The van der Waals surface area contributed by atoms with Crippen molar-refractivity contribution in [3.8, 4) is 0 Å². The number of amides is 1. The van der Waals surface area contributed by atoms with Gasteiger partial charge in [0.1, 0.15) is 4.90 Å². The second-order valence-corrected chi connectivity index (χ2v) is 8.61. The Morgan fingerprint density at radius 2 is 1.75 bits per heavy atom. The lowest BCUT2D eigenvalue weighted by molar-refractivity contribution is -0.115. The number of sulfonamides is 1. The van der Waals surface area contributed by atoms with Gasteiger partial charge in [0.15, 0.2) is 0 Å². The van der Waals surface area contributed by atoms with Gasteiger partial charge in [-0.05, 0) is 30.7 Å². The summed E-state index contributed by atoms with van der Waals surface area (Å²) in [5, 5.41) is 5.99. The second-order valence-electron chi connectivity index (χ2n) is 6.30. The number of nitrogens with zero attached hydrogens (tertiary/aromatic N) is 1. The highest BCUT2D eigenvalue weighted by Crippen LogP contribution is 2.27. The Morgan fingerprint density at radius 3 is 2.36 bits per heavy atom. The van der Waals surface area contributed by atoms with Crippen molar-refractivity contribution in [3.05, 3.63) is 59.1 Å². The molecule has 2 aromatic rings. The average Bonchev–Trinajstić information content (AvgIpc) is 2.69. The van der Waals surface area contributed by atoms with E-state index >= 15 is 0 Å². The summed E-state index contributed by atoms with van der Waals surface area (Å²) >= 11 is 6.11. The number of halogens is 1. The third kappa shape index (κ3) is 5.54. The van der Waals surface area contributed by atoms with Crippen molar-refractivity contribution in [1.82, 2.24) is 9.62 Å². The summed E-state index contributed by atoms with van der Waals surface area (Å²) in [7, 11) is -3.72. The minimum atomic E-state index is -3.72. The van der Waals surface area contributed by atoms with Crippen LogP contribution in [0.1, 0.15) is 32.4 Å². The van der Waals surface area contributed by atoms with Crippen molar-refractivity contribution in [2.75, 3.05) is 25.0 Å². The molecule has 0 aromatic heterocycles. The number of nitrogens with one attached hydrogen (secondary N) is 2. The Balaban J connectivity index is 2.07. The standard InChI is InChI=1S/C20H26ClN3O3S/c1-4-24(5-2)28(26,27)19-13-17(11-12-18(19)21)23-20(25)14-22-15(3)16-9-7-6-8-10-16/h6-13,15,22H,4-5,14H2,1-3H3,(H,23,25)/t15-/m1/s1. The van der Waals surface area contributed by atoms with E-state index < -0.39 is 10.0 Å². The number of benzene rings is 2. The van der Waals surface area contributed by atoms with Crippen LogP contribution >= 0.6 is 11.6 Å². The smallest absolute Gasteiger partial charge is 0.244 e. The maximum absolute atomic E-state index is 12.7. The first-order valence-corrected chi connectivity index (χ1v) is 11.0. The third-order valence-corrected chi connectivity index (χ3v) is 6.94. The zero-order valence-corrected chi connectivity index (χ0v) is 17.8. The van der Waals surface area contributed by atoms with Crippen molar-refractivity contribution in [2.24, 2.45) is 0 Å². The number of anilines is 1. The molecule has 0 aliphatic heterocycles. The van der Waals surface area contributed by atoms with Crippen LogP contribution in [0, 0.1) is 0 Å². The van der Waals surface area contributed by atoms with Gasteiger partial charge in [0.25, 0.3) is 0 Å². The van der Waals surface area contributed by atoms with E-state index in [0.717, 1.165) is 5.56 Å². The molecule has 152 valence electrons. The fourth-order valence-corrected chi connectivity index (χ4v) is 4.75. The summed E-state index contributed by atoms with van der Waals surface area (Å²) in [5.74, 6) is -0.267. The Hall–Kier alpha value is -1.93. The number of rotatable bonds is 9. The molecule has 1 amide bonds. The van der Waals surface area contributed by atoms with Crippen LogP contribution in [0.3, 0.4) is 0 Å². The molecule has 2 aromatic carbocycles. The SMILES string of the molecule is CCN(CC)S(=O)(=O)c1cc(NC(=O)CN[C@H](C)c2ccccc2)ccc1Cl. The van der Waals surface area contributed by atoms with Crippen molar-refractivity contribution >= 4 is 33.2 Å². The van der Waals surface area contributed by atoms with Crippen LogP contribution in [0.2, 0.25) is 5.02 Å². The number of hydrogen-bond acceptors (Lipinski definition) is 4. The quantitative estimate of drug-likeness (QED) is 0.645. The molecule has 0 unspecified atom stereocenters. The zero-order chi connectivity index (χ0) is 20.7. The fourth-order valence-electron chi connectivity index (χ4n) is 2.79. The lowest BCUT2D eigenvalue weighted by atomic mass is 10.1. The summed E-state index contributed by atoms with van der Waals surface area (Å²) in [6.07, 6.45) is 0. The molecule has 8 heteroatoms. The van der Waals surface area contributed by atoms with Crippen LogP contribution < -0.4 is 10.6 Å². The van der Waals surface area contributed by atoms with Crippen molar-refractivity contribution in [3.63, 3.8) is 0 Å². The third-order valence-electron chi connectivity index (χ3n) is 4.41. The molecule has 0 aliphatic rings. The molecule has 0 aliphatic carbocycles. The normalized spacial score (nSPS) is 12.8. The molecule has 2 rings (SSSR count). The van der Waals surface area contributed by atoms with Crippen molar-refractivity contribution < 1.29 is 13.2 Å². The van der Waals surface area contributed by atoms with Gasteiger partial charge in [0, 0.05) is 24.8 Å². The van der Waals surface area contributed by atoms with Crippen LogP contribution in [-0.2, 0) is 14.8 Å². The molecular formula is C20H26ClN3O3S. The predicted molar refractivity (Wildman–Crippen MR) is 113 cm³/mol.